The van der Waals surface area contributed by atoms with E-state index in [1.807, 2.05) is 0 Å². The third-order valence-electron chi connectivity index (χ3n) is 5.69. The number of thiophene rings is 1. The van der Waals surface area contributed by atoms with E-state index in [-0.39, 0.29) is 5.91 Å². The van der Waals surface area contributed by atoms with Crippen LogP contribution in [0, 0.1) is 11.3 Å². The molecule has 1 aromatic carbocycles. The third-order valence-corrected chi connectivity index (χ3v) is 6.90. The molecule has 4 nitrogen and oxygen atoms in total. The number of aryl methyl sites for hydroxylation is 2. The SMILES string of the molecule is C[NH+](CC(=O)Nc1sc2c(c1C#N)CCC2)[C@H]1CCCc2ccccc21. The molecule has 2 aliphatic rings. The Morgan fingerprint density at radius 1 is 1.31 bits per heavy atom. The average Bonchev–Trinajstić information content (AvgIpc) is 3.21. The lowest BCUT2D eigenvalue weighted by Crippen LogP contribution is -3.10. The van der Waals surface area contributed by atoms with Crippen molar-refractivity contribution in [2.45, 2.75) is 44.6 Å². The van der Waals surface area contributed by atoms with Crippen LogP contribution in [-0.4, -0.2) is 19.5 Å². The minimum absolute atomic E-state index is 0.00183. The number of nitrogens with zero attached hydrogens (tertiary/aromatic N) is 1. The van der Waals surface area contributed by atoms with Gasteiger partial charge in [-0.2, -0.15) is 5.26 Å². The van der Waals surface area contributed by atoms with E-state index in [1.54, 1.807) is 11.3 Å². The predicted octanol–water partition coefficient (Wildman–Crippen LogP) is 2.64. The second-order valence-corrected chi connectivity index (χ2v) is 8.49. The summed E-state index contributed by atoms with van der Waals surface area (Å²) in [5.74, 6) is 0.00183. The van der Waals surface area contributed by atoms with Gasteiger partial charge in [0.05, 0.1) is 12.6 Å². The van der Waals surface area contributed by atoms with E-state index < -0.39 is 0 Å². The van der Waals surface area contributed by atoms with Crippen molar-refractivity contribution in [2.75, 3.05) is 18.9 Å². The highest BCUT2D eigenvalue weighted by Crippen LogP contribution is 2.38. The van der Waals surface area contributed by atoms with Gasteiger partial charge in [-0.05, 0) is 43.2 Å². The van der Waals surface area contributed by atoms with Gasteiger partial charge in [-0.15, -0.1) is 11.3 Å². The largest absolute Gasteiger partial charge is 0.323 e. The van der Waals surface area contributed by atoms with Crippen LogP contribution in [0.15, 0.2) is 24.3 Å². The van der Waals surface area contributed by atoms with Crippen LogP contribution in [0.5, 0.6) is 0 Å². The first-order valence-corrected chi connectivity index (χ1v) is 10.2. The van der Waals surface area contributed by atoms with Gasteiger partial charge in [-0.1, -0.05) is 24.3 Å². The fourth-order valence-electron chi connectivity index (χ4n) is 4.42. The number of fused-ring (bicyclic) bond motifs is 2. The summed E-state index contributed by atoms with van der Waals surface area (Å²) in [6, 6.07) is 11.3. The number of hydrogen-bond donors (Lipinski definition) is 2. The molecule has 0 fully saturated rings. The molecule has 0 aliphatic heterocycles. The lowest BCUT2D eigenvalue weighted by molar-refractivity contribution is -0.905. The third kappa shape index (κ3) is 3.15. The molecular formula is C21H24N3OS+. The van der Waals surface area contributed by atoms with Crippen molar-refractivity contribution in [3.8, 4) is 6.07 Å². The molecule has 0 bridgehead atoms. The number of carbonyl (C=O) groups is 1. The topological polar surface area (TPSA) is 57.3 Å². The Bertz CT molecular complexity index is 880. The van der Waals surface area contributed by atoms with Crippen LogP contribution in [0.1, 0.15) is 52.4 Å². The van der Waals surface area contributed by atoms with Crippen molar-refractivity contribution in [1.29, 1.82) is 5.26 Å². The number of carbonyl (C=O) groups excluding carboxylic acids is 1. The minimum atomic E-state index is 0.00183. The molecule has 0 saturated heterocycles. The molecule has 5 heteroatoms. The second kappa shape index (κ2) is 7.22. The zero-order valence-corrected chi connectivity index (χ0v) is 15.9. The molecule has 1 aromatic heterocycles. The summed E-state index contributed by atoms with van der Waals surface area (Å²) in [6.45, 7) is 0.423. The highest BCUT2D eigenvalue weighted by atomic mass is 32.1. The first-order chi connectivity index (χ1) is 12.7. The second-order valence-electron chi connectivity index (χ2n) is 7.39. The highest BCUT2D eigenvalue weighted by molar-refractivity contribution is 7.16. The van der Waals surface area contributed by atoms with E-state index in [9.17, 15) is 10.1 Å². The maximum Gasteiger partial charge on any atom is 0.280 e. The van der Waals surface area contributed by atoms with Crippen molar-refractivity contribution < 1.29 is 9.69 Å². The molecule has 2 aromatic rings. The normalized spacial score (nSPS) is 19.3. The van der Waals surface area contributed by atoms with E-state index in [2.05, 4.69) is 42.7 Å². The van der Waals surface area contributed by atoms with Gasteiger partial charge in [0, 0.05) is 16.9 Å². The van der Waals surface area contributed by atoms with Crippen LogP contribution < -0.4 is 10.2 Å². The predicted molar refractivity (Wildman–Crippen MR) is 104 cm³/mol. The minimum Gasteiger partial charge on any atom is -0.323 e. The fourth-order valence-corrected chi connectivity index (χ4v) is 5.68. The fraction of sp³-hybridized carbons (Fsp3) is 0.429. The van der Waals surface area contributed by atoms with Crippen molar-refractivity contribution >= 4 is 22.2 Å². The molecule has 0 spiro atoms. The molecule has 1 amide bonds. The van der Waals surface area contributed by atoms with E-state index in [4.69, 9.17) is 0 Å². The van der Waals surface area contributed by atoms with Gasteiger partial charge in [0.25, 0.3) is 5.91 Å². The van der Waals surface area contributed by atoms with Gasteiger partial charge < -0.3 is 10.2 Å². The number of likely N-dealkylation sites (N-methyl/N-ethyl adjacent to an activating group) is 1. The number of hydrogen-bond acceptors (Lipinski definition) is 3. The van der Waals surface area contributed by atoms with Gasteiger partial charge in [-0.25, -0.2) is 0 Å². The molecule has 2 aliphatic carbocycles. The van der Waals surface area contributed by atoms with Crippen LogP contribution in [-0.2, 0) is 24.1 Å². The molecule has 0 saturated carbocycles. The summed E-state index contributed by atoms with van der Waals surface area (Å²) in [5, 5.41) is 13.2. The molecule has 4 rings (SSSR count). The van der Waals surface area contributed by atoms with E-state index in [1.165, 1.54) is 27.3 Å². The number of amides is 1. The molecule has 26 heavy (non-hydrogen) atoms. The van der Waals surface area contributed by atoms with Crippen molar-refractivity contribution in [2.24, 2.45) is 0 Å². The quantitative estimate of drug-likeness (QED) is 0.874. The summed E-state index contributed by atoms with van der Waals surface area (Å²) >= 11 is 1.59. The summed E-state index contributed by atoms with van der Waals surface area (Å²) in [4.78, 5) is 15.1. The molecule has 2 atom stereocenters. The number of nitriles is 1. The monoisotopic (exact) mass is 366 g/mol. The Hall–Kier alpha value is -2.16. The number of anilines is 1. The van der Waals surface area contributed by atoms with Crippen molar-refractivity contribution in [1.82, 2.24) is 0 Å². The Labute approximate surface area is 158 Å². The zero-order valence-electron chi connectivity index (χ0n) is 15.1. The van der Waals surface area contributed by atoms with Gasteiger partial charge in [0.2, 0.25) is 0 Å². The Balaban J connectivity index is 1.46. The van der Waals surface area contributed by atoms with E-state index in [0.717, 1.165) is 42.7 Å². The first kappa shape index (κ1) is 17.3. The Morgan fingerprint density at radius 2 is 2.15 bits per heavy atom. The number of benzene rings is 1. The molecule has 2 N–H and O–H groups in total. The van der Waals surface area contributed by atoms with Crippen LogP contribution in [0.2, 0.25) is 0 Å². The van der Waals surface area contributed by atoms with Gasteiger partial charge in [0.15, 0.2) is 6.54 Å². The molecular weight excluding hydrogens is 342 g/mol. The number of nitrogens with one attached hydrogen (secondary N) is 2. The zero-order chi connectivity index (χ0) is 18.1. The molecule has 1 heterocycles. The van der Waals surface area contributed by atoms with Crippen LogP contribution in [0.4, 0.5) is 5.00 Å². The lowest BCUT2D eigenvalue weighted by Gasteiger charge is -2.30. The van der Waals surface area contributed by atoms with Crippen molar-refractivity contribution in [3.63, 3.8) is 0 Å². The van der Waals surface area contributed by atoms with Crippen LogP contribution >= 0.6 is 11.3 Å². The van der Waals surface area contributed by atoms with Gasteiger partial charge in [-0.3, -0.25) is 4.79 Å². The number of quaternary nitrogens is 1. The van der Waals surface area contributed by atoms with E-state index in [0.29, 0.717) is 18.2 Å². The first-order valence-electron chi connectivity index (χ1n) is 9.42. The lowest BCUT2D eigenvalue weighted by atomic mass is 9.87. The highest BCUT2D eigenvalue weighted by Gasteiger charge is 2.29. The summed E-state index contributed by atoms with van der Waals surface area (Å²) in [5.41, 5.74) is 4.66. The average molecular weight is 367 g/mol. The van der Waals surface area contributed by atoms with Gasteiger partial charge in [0.1, 0.15) is 17.1 Å². The van der Waals surface area contributed by atoms with Gasteiger partial charge >= 0.3 is 0 Å². The molecule has 1 unspecified atom stereocenters. The summed E-state index contributed by atoms with van der Waals surface area (Å²) in [6.07, 6.45) is 6.56. The summed E-state index contributed by atoms with van der Waals surface area (Å²) < 4.78 is 0. The Kier molecular flexibility index (Phi) is 4.80. The standard InChI is InChI=1S/C21H23N3OS/c1-24(18-10-4-7-14-6-2-3-8-15(14)18)13-20(25)23-21-17(12-22)16-9-5-11-19(16)26-21/h2-3,6,8,18H,4-5,7,9-11,13H2,1H3,(H,23,25)/p+1/t18-/m0/s1. The van der Waals surface area contributed by atoms with E-state index >= 15 is 0 Å². The maximum absolute atomic E-state index is 12.6. The molecule has 0 radical (unpaired) electrons. The van der Waals surface area contributed by atoms with Crippen LogP contribution in [0.25, 0.3) is 0 Å². The maximum atomic E-state index is 12.6. The van der Waals surface area contributed by atoms with Crippen molar-refractivity contribution in [3.05, 3.63) is 51.4 Å². The molecule has 134 valence electrons. The summed E-state index contributed by atoms with van der Waals surface area (Å²) in [7, 11) is 2.10. The van der Waals surface area contributed by atoms with Crippen LogP contribution in [0.3, 0.4) is 0 Å². The Morgan fingerprint density at radius 3 is 3.00 bits per heavy atom. The smallest absolute Gasteiger partial charge is 0.280 e. The number of rotatable bonds is 4.